The van der Waals surface area contributed by atoms with Crippen LogP contribution in [0.4, 0.5) is 5.69 Å². The number of pyridine rings is 1. The summed E-state index contributed by atoms with van der Waals surface area (Å²) in [5.74, 6) is -1.52. The molecule has 1 heterocycles. The van der Waals surface area contributed by atoms with E-state index in [-0.39, 0.29) is 17.8 Å². The predicted molar refractivity (Wildman–Crippen MR) is 128 cm³/mol. The van der Waals surface area contributed by atoms with Crippen LogP contribution >= 0.6 is 0 Å². The molecule has 0 fully saturated rings. The number of esters is 1. The van der Waals surface area contributed by atoms with Crippen molar-refractivity contribution in [3.8, 4) is 0 Å². The van der Waals surface area contributed by atoms with E-state index < -0.39 is 17.4 Å². The van der Waals surface area contributed by atoms with E-state index in [1.165, 1.54) is 0 Å². The van der Waals surface area contributed by atoms with Crippen LogP contribution in [0.25, 0.3) is 6.08 Å². The van der Waals surface area contributed by atoms with Crippen molar-refractivity contribution in [1.82, 2.24) is 10.4 Å². The van der Waals surface area contributed by atoms with Crippen LogP contribution in [0.2, 0.25) is 0 Å². The lowest BCUT2D eigenvalue weighted by Gasteiger charge is -2.29. The lowest BCUT2D eigenvalue weighted by atomic mass is 9.82. The largest absolute Gasteiger partial charge is 0.460 e. The predicted octanol–water partition coefficient (Wildman–Crippen LogP) is 5.25. The fraction of sp³-hybridized carbons (Fsp3) is 0.423. The van der Waals surface area contributed by atoms with Gasteiger partial charge >= 0.3 is 5.97 Å². The molecule has 0 aliphatic rings. The van der Waals surface area contributed by atoms with Gasteiger partial charge in [0.05, 0.1) is 17.5 Å². The van der Waals surface area contributed by atoms with Crippen LogP contribution in [0.1, 0.15) is 53.0 Å². The number of carbonyl (C=O) groups is 2. The van der Waals surface area contributed by atoms with Gasteiger partial charge in [-0.05, 0) is 63.3 Å². The Morgan fingerprint density at radius 1 is 1.06 bits per heavy atom. The third kappa shape index (κ3) is 8.92. The Morgan fingerprint density at radius 2 is 1.78 bits per heavy atom. The average Bonchev–Trinajstić information content (AvgIpc) is 2.74. The van der Waals surface area contributed by atoms with E-state index in [1.807, 2.05) is 89.2 Å². The lowest BCUT2D eigenvalue weighted by Crippen LogP contribution is -2.42. The average molecular weight is 438 g/mol. The molecule has 0 saturated heterocycles. The zero-order chi connectivity index (χ0) is 23.6. The summed E-state index contributed by atoms with van der Waals surface area (Å²) in [5, 5.41) is 0. The highest BCUT2D eigenvalue weighted by Crippen LogP contribution is 2.28. The van der Waals surface area contributed by atoms with Gasteiger partial charge in [-0.2, -0.15) is 0 Å². The number of anilines is 1. The summed E-state index contributed by atoms with van der Waals surface area (Å²) in [5.41, 5.74) is 6.80. The first kappa shape index (κ1) is 25.1. The molecule has 0 spiro atoms. The normalized spacial score (nSPS) is 13.6. The van der Waals surface area contributed by atoms with Gasteiger partial charge in [-0.15, -0.1) is 0 Å². The van der Waals surface area contributed by atoms with Crippen LogP contribution in [0.3, 0.4) is 0 Å². The Hall–Kier alpha value is -3.15. The number of hydrogen-bond donors (Lipinski definition) is 2. The number of allylic oxidation sites excluding steroid dienone is 1. The summed E-state index contributed by atoms with van der Waals surface area (Å²) in [6.07, 6.45) is 8.24. The van der Waals surface area contributed by atoms with Crippen molar-refractivity contribution in [3.63, 3.8) is 0 Å². The first-order chi connectivity index (χ1) is 15.2. The number of para-hydroxylation sites is 1. The van der Waals surface area contributed by atoms with Crippen molar-refractivity contribution < 1.29 is 14.3 Å². The highest BCUT2D eigenvalue weighted by atomic mass is 16.6. The number of benzene rings is 1. The number of hydrogen-bond acceptors (Lipinski definition) is 5. The third-order valence-corrected chi connectivity index (χ3v) is 4.75. The van der Waals surface area contributed by atoms with Crippen LogP contribution in [0, 0.1) is 17.8 Å². The van der Waals surface area contributed by atoms with Crippen LogP contribution < -0.4 is 10.9 Å². The van der Waals surface area contributed by atoms with Crippen molar-refractivity contribution in [2.24, 2.45) is 17.8 Å². The number of carbonyl (C=O) groups excluding carboxylic acids is 2. The Bertz CT molecular complexity index is 874. The van der Waals surface area contributed by atoms with Crippen LogP contribution in [0.5, 0.6) is 0 Å². The monoisotopic (exact) mass is 437 g/mol. The molecule has 2 atom stereocenters. The van der Waals surface area contributed by atoms with E-state index in [0.29, 0.717) is 12.8 Å². The van der Waals surface area contributed by atoms with E-state index in [1.54, 1.807) is 12.4 Å². The van der Waals surface area contributed by atoms with Gasteiger partial charge in [0, 0.05) is 12.4 Å². The molecule has 1 unspecified atom stereocenters. The van der Waals surface area contributed by atoms with Gasteiger partial charge in [-0.3, -0.25) is 25.4 Å². The second kappa shape index (κ2) is 12.0. The van der Waals surface area contributed by atoms with Crippen LogP contribution in [-0.2, 0) is 14.3 Å². The molecule has 2 aromatic rings. The second-order valence-corrected chi connectivity index (χ2v) is 9.28. The van der Waals surface area contributed by atoms with Gasteiger partial charge in [-0.1, -0.05) is 50.3 Å². The highest BCUT2D eigenvalue weighted by molar-refractivity contribution is 5.86. The standard InChI is InChI=1S/C26H35N3O3/c1-19(2)17-23(24(30)29-28-21-13-7-6-8-14-21)22(25(31)32-26(3,4)5)15-9-11-20-12-10-16-27-18-20/h6-14,16,18-19,22-23,28H,15,17H2,1-5H3,(H,29,30)/t22?,23-/m1/s1. The SMILES string of the molecule is CC(C)C[C@@H](C(=O)NNc1ccccc1)C(CC=Cc1cccnc1)C(=O)OC(C)(C)C. The molecule has 2 rings (SSSR count). The van der Waals surface area contributed by atoms with E-state index in [4.69, 9.17) is 4.74 Å². The van der Waals surface area contributed by atoms with Gasteiger partial charge in [0.15, 0.2) is 0 Å². The quantitative estimate of drug-likeness (QED) is 0.392. The number of nitrogens with one attached hydrogen (secondary N) is 2. The van der Waals surface area contributed by atoms with E-state index in [2.05, 4.69) is 15.8 Å². The number of ether oxygens (including phenoxy) is 1. The summed E-state index contributed by atoms with van der Waals surface area (Å²) in [7, 11) is 0. The van der Waals surface area contributed by atoms with Gasteiger partial charge < -0.3 is 4.74 Å². The first-order valence-corrected chi connectivity index (χ1v) is 11.1. The van der Waals surface area contributed by atoms with Crippen LogP contribution in [-0.4, -0.2) is 22.5 Å². The summed E-state index contributed by atoms with van der Waals surface area (Å²) < 4.78 is 5.69. The summed E-state index contributed by atoms with van der Waals surface area (Å²) in [6, 6.07) is 13.2. The molecule has 6 heteroatoms. The minimum absolute atomic E-state index is 0.229. The summed E-state index contributed by atoms with van der Waals surface area (Å²) in [6.45, 7) is 9.59. The maximum Gasteiger partial charge on any atom is 0.310 e. The fourth-order valence-electron chi connectivity index (χ4n) is 3.34. The van der Waals surface area contributed by atoms with Crippen molar-refractivity contribution in [2.45, 2.75) is 53.1 Å². The topological polar surface area (TPSA) is 80.3 Å². The minimum atomic E-state index is -0.635. The summed E-state index contributed by atoms with van der Waals surface area (Å²) >= 11 is 0. The molecule has 1 aromatic carbocycles. The molecule has 0 saturated carbocycles. The van der Waals surface area contributed by atoms with Crippen molar-refractivity contribution in [1.29, 1.82) is 0 Å². The molecular formula is C26H35N3O3. The molecule has 172 valence electrons. The van der Waals surface area contributed by atoms with Crippen molar-refractivity contribution >= 4 is 23.6 Å². The van der Waals surface area contributed by atoms with Gasteiger partial charge in [0.2, 0.25) is 5.91 Å². The summed E-state index contributed by atoms with van der Waals surface area (Å²) in [4.78, 5) is 30.4. The number of amides is 1. The molecule has 1 amide bonds. The maximum absolute atomic E-state index is 13.2. The number of hydrazine groups is 1. The van der Waals surface area contributed by atoms with E-state index in [0.717, 1.165) is 11.3 Å². The number of nitrogens with zero attached hydrogens (tertiary/aromatic N) is 1. The maximum atomic E-state index is 13.2. The fourth-order valence-corrected chi connectivity index (χ4v) is 3.34. The number of aromatic nitrogens is 1. The molecular weight excluding hydrogens is 402 g/mol. The van der Waals surface area contributed by atoms with Crippen molar-refractivity contribution in [3.05, 3.63) is 66.5 Å². The van der Waals surface area contributed by atoms with Crippen LogP contribution in [0.15, 0.2) is 60.9 Å². The lowest BCUT2D eigenvalue weighted by molar-refractivity contribution is -0.164. The van der Waals surface area contributed by atoms with Crippen molar-refractivity contribution in [2.75, 3.05) is 5.43 Å². The molecule has 0 bridgehead atoms. The van der Waals surface area contributed by atoms with E-state index in [9.17, 15) is 9.59 Å². The molecule has 6 nitrogen and oxygen atoms in total. The first-order valence-electron chi connectivity index (χ1n) is 11.1. The van der Waals surface area contributed by atoms with Gasteiger partial charge in [0.1, 0.15) is 5.60 Å². The third-order valence-electron chi connectivity index (χ3n) is 4.75. The van der Waals surface area contributed by atoms with E-state index >= 15 is 0 Å². The zero-order valence-electron chi connectivity index (χ0n) is 19.7. The molecule has 0 aliphatic heterocycles. The molecule has 1 aromatic heterocycles. The van der Waals surface area contributed by atoms with Gasteiger partial charge in [-0.25, -0.2) is 0 Å². The Kier molecular flexibility index (Phi) is 9.44. The molecule has 32 heavy (non-hydrogen) atoms. The smallest absolute Gasteiger partial charge is 0.310 e. The van der Waals surface area contributed by atoms with Gasteiger partial charge in [0.25, 0.3) is 0 Å². The Labute approximate surface area is 191 Å². The molecule has 0 radical (unpaired) electrons. The molecule has 0 aliphatic carbocycles. The highest BCUT2D eigenvalue weighted by Gasteiger charge is 2.36. The molecule has 2 N–H and O–H groups in total. The number of rotatable bonds is 10. The Morgan fingerprint density at radius 3 is 2.38 bits per heavy atom. The zero-order valence-corrected chi connectivity index (χ0v) is 19.7. The second-order valence-electron chi connectivity index (χ2n) is 9.28. The Balaban J connectivity index is 2.22. The minimum Gasteiger partial charge on any atom is -0.460 e.